The van der Waals surface area contributed by atoms with Crippen LogP contribution < -0.4 is 15.8 Å². The highest BCUT2D eigenvalue weighted by atomic mass is 35.5. The molecule has 0 radical (unpaired) electrons. The summed E-state index contributed by atoms with van der Waals surface area (Å²) in [6, 6.07) is 11.8. The maximum absolute atomic E-state index is 12.9. The number of hydrogen-bond donors (Lipinski definition) is 1. The molecule has 0 saturated carbocycles. The number of nitrogens with zero attached hydrogens (tertiary/aromatic N) is 5. The van der Waals surface area contributed by atoms with Gasteiger partial charge in [0.15, 0.2) is 0 Å². The monoisotopic (exact) mass is 484 g/mol. The van der Waals surface area contributed by atoms with E-state index in [0.717, 1.165) is 53.7 Å². The number of halogens is 1. The van der Waals surface area contributed by atoms with Crippen molar-refractivity contribution in [2.75, 3.05) is 44.2 Å². The smallest absolute Gasteiger partial charge is 0.291 e. The van der Waals surface area contributed by atoms with Crippen LogP contribution in [0.25, 0.3) is 15.7 Å². The fourth-order valence-corrected chi connectivity index (χ4v) is 5.37. The molecule has 1 fully saturated rings. The van der Waals surface area contributed by atoms with E-state index >= 15 is 0 Å². The fraction of sp³-hybridized carbons (Fsp3) is 0.348. The molecule has 0 bridgehead atoms. The number of carbonyl (C=O) groups is 1. The molecule has 0 atom stereocenters. The highest BCUT2D eigenvalue weighted by Crippen LogP contribution is 2.24. The van der Waals surface area contributed by atoms with Gasteiger partial charge in [-0.15, -0.1) is 11.3 Å². The van der Waals surface area contributed by atoms with Crippen LogP contribution in [0, 0.1) is 6.92 Å². The maximum Gasteiger partial charge on any atom is 0.291 e. The molecule has 1 amide bonds. The maximum atomic E-state index is 12.9. The average molecular weight is 485 g/mol. The third-order valence-corrected chi connectivity index (χ3v) is 7.14. The molecule has 4 aromatic rings. The van der Waals surface area contributed by atoms with Gasteiger partial charge >= 0.3 is 0 Å². The Hall–Kier alpha value is -2.88. The van der Waals surface area contributed by atoms with Crippen molar-refractivity contribution in [3.63, 3.8) is 0 Å². The molecule has 5 rings (SSSR count). The van der Waals surface area contributed by atoms with Gasteiger partial charge in [-0.05, 0) is 42.6 Å². The number of nitrogens with one attached hydrogen (secondary N) is 1. The number of amides is 1. The van der Waals surface area contributed by atoms with Crippen LogP contribution >= 0.6 is 22.9 Å². The molecule has 1 aliphatic heterocycles. The summed E-state index contributed by atoms with van der Waals surface area (Å²) in [4.78, 5) is 30.0. The Morgan fingerprint density at radius 3 is 2.76 bits per heavy atom. The van der Waals surface area contributed by atoms with Crippen molar-refractivity contribution in [3.05, 3.63) is 63.0 Å². The molecule has 8 nitrogen and oxygen atoms in total. The van der Waals surface area contributed by atoms with Crippen molar-refractivity contribution < 1.29 is 4.79 Å². The molecule has 0 unspecified atom stereocenters. The number of carbonyl (C=O) groups excluding carboxylic acids is 1. The van der Waals surface area contributed by atoms with E-state index in [9.17, 15) is 9.59 Å². The standard InChI is InChI=1S/C23H25ClN6O2S/c1-16-26-29(23(32)20-14-21-19(30(16)20)5-12-33-21)15-22(31)25-6-7-27-8-10-28(11-9-27)18-4-2-3-17(24)13-18/h2-5,12-14H,6-11,15H2,1H3,(H,25,31). The molecule has 0 aliphatic carbocycles. The van der Waals surface area contributed by atoms with Gasteiger partial charge in [-0.1, -0.05) is 17.7 Å². The SMILES string of the molecule is Cc1nn(CC(=O)NCCN2CCN(c3cccc(Cl)c3)CC2)c(=O)c2cc3sccc3n12. The molecule has 1 aromatic carbocycles. The molecule has 0 spiro atoms. The molecule has 4 heterocycles. The highest BCUT2D eigenvalue weighted by Gasteiger charge is 2.18. The third-order valence-electron chi connectivity index (χ3n) is 6.05. The third kappa shape index (κ3) is 4.48. The lowest BCUT2D eigenvalue weighted by atomic mass is 10.2. The summed E-state index contributed by atoms with van der Waals surface area (Å²) in [6.45, 7) is 6.74. The van der Waals surface area contributed by atoms with E-state index in [2.05, 4.69) is 26.3 Å². The van der Waals surface area contributed by atoms with Gasteiger partial charge in [0.05, 0.1) is 10.2 Å². The van der Waals surface area contributed by atoms with Crippen LogP contribution in [-0.2, 0) is 11.3 Å². The molecule has 3 aromatic heterocycles. The van der Waals surface area contributed by atoms with Crippen LogP contribution in [0.2, 0.25) is 5.02 Å². The summed E-state index contributed by atoms with van der Waals surface area (Å²) in [5.74, 6) is 0.475. The van der Waals surface area contributed by atoms with Gasteiger partial charge in [0.1, 0.15) is 17.9 Å². The lowest BCUT2D eigenvalue weighted by Gasteiger charge is -2.36. The number of anilines is 1. The molecule has 172 valence electrons. The van der Waals surface area contributed by atoms with Gasteiger partial charge in [-0.2, -0.15) is 5.10 Å². The van der Waals surface area contributed by atoms with Crippen LogP contribution in [0.1, 0.15) is 5.82 Å². The Bertz CT molecular complexity index is 1370. The number of rotatable bonds is 6. The second-order valence-corrected chi connectivity index (χ2v) is 9.59. The van der Waals surface area contributed by atoms with E-state index in [1.165, 1.54) is 4.68 Å². The molecule has 1 aliphatic rings. The number of fused-ring (bicyclic) bond motifs is 3. The Morgan fingerprint density at radius 1 is 1.15 bits per heavy atom. The molecular weight excluding hydrogens is 460 g/mol. The molecule has 1 saturated heterocycles. The molecule has 33 heavy (non-hydrogen) atoms. The minimum absolute atomic E-state index is 0.0858. The lowest BCUT2D eigenvalue weighted by Crippen LogP contribution is -2.48. The predicted octanol–water partition coefficient (Wildman–Crippen LogP) is 2.61. The van der Waals surface area contributed by atoms with Crippen LogP contribution in [0.3, 0.4) is 0 Å². The van der Waals surface area contributed by atoms with Crippen molar-refractivity contribution in [2.45, 2.75) is 13.5 Å². The Morgan fingerprint density at radius 2 is 1.97 bits per heavy atom. The Balaban J connectivity index is 1.14. The summed E-state index contributed by atoms with van der Waals surface area (Å²) < 4.78 is 4.15. The van der Waals surface area contributed by atoms with Crippen molar-refractivity contribution in [2.24, 2.45) is 0 Å². The van der Waals surface area contributed by atoms with Crippen LogP contribution in [0.15, 0.2) is 46.6 Å². The van der Waals surface area contributed by atoms with E-state index in [-0.39, 0.29) is 18.0 Å². The first-order valence-corrected chi connectivity index (χ1v) is 12.2. The van der Waals surface area contributed by atoms with Gasteiger partial charge < -0.3 is 10.2 Å². The number of hydrogen-bond acceptors (Lipinski definition) is 6. The van der Waals surface area contributed by atoms with Gasteiger partial charge in [-0.25, -0.2) is 4.68 Å². The molecular formula is C23H25ClN6O2S. The summed E-state index contributed by atoms with van der Waals surface area (Å²) in [5.41, 5.74) is 2.42. The largest absolute Gasteiger partial charge is 0.369 e. The lowest BCUT2D eigenvalue weighted by molar-refractivity contribution is -0.121. The highest BCUT2D eigenvalue weighted by molar-refractivity contribution is 7.17. The normalized spacial score (nSPS) is 14.9. The summed E-state index contributed by atoms with van der Waals surface area (Å²) in [6.07, 6.45) is 0. The summed E-state index contributed by atoms with van der Waals surface area (Å²) in [7, 11) is 0. The number of thiophene rings is 1. The van der Waals surface area contributed by atoms with E-state index < -0.39 is 0 Å². The minimum atomic E-state index is -0.253. The minimum Gasteiger partial charge on any atom is -0.369 e. The first kappa shape index (κ1) is 21.9. The summed E-state index contributed by atoms with van der Waals surface area (Å²) in [5, 5.41) is 10.0. The summed E-state index contributed by atoms with van der Waals surface area (Å²) >= 11 is 7.69. The molecule has 1 N–H and O–H groups in total. The molecule has 10 heteroatoms. The first-order chi connectivity index (χ1) is 16.0. The van der Waals surface area contributed by atoms with Crippen molar-refractivity contribution in [3.8, 4) is 0 Å². The number of aryl methyl sites for hydroxylation is 1. The van der Waals surface area contributed by atoms with E-state index in [1.807, 2.05) is 47.0 Å². The van der Waals surface area contributed by atoms with E-state index in [4.69, 9.17) is 11.6 Å². The van der Waals surface area contributed by atoms with Gasteiger partial charge in [0, 0.05) is 50.0 Å². The number of benzene rings is 1. The Labute approximate surface area is 200 Å². The van der Waals surface area contributed by atoms with Crippen LogP contribution in [0.5, 0.6) is 0 Å². The fourth-order valence-electron chi connectivity index (χ4n) is 4.38. The number of piperazine rings is 1. The Kier molecular flexibility index (Phi) is 6.09. The zero-order valence-corrected chi connectivity index (χ0v) is 19.9. The van der Waals surface area contributed by atoms with Crippen LogP contribution in [0.4, 0.5) is 5.69 Å². The van der Waals surface area contributed by atoms with Crippen molar-refractivity contribution in [1.82, 2.24) is 24.4 Å². The van der Waals surface area contributed by atoms with Gasteiger partial charge in [-0.3, -0.25) is 18.9 Å². The zero-order valence-electron chi connectivity index (χ0n) is 18.3. The van der Waals surface area contributed by atoms with E-state index in [1.54, 1.807) is 11.3 Å². The second-order valence-electron chi connectivity index (χ2n) is 8.20. The predicted molar refractivity (Wildman–Crippen MR) is 133 cm³/mol. The van der Waals surface area contributed by atoms with Crippen molar-refractivity contribution >= 4 is 50.3 Å². The second kappa shape index (κ2) is 9.17. The van der Waals surface area contributed by atoms with E-state index in [0.29, 0.717) is 17.9 Å². The topological polar surface area (TPSA) is 74.9 Å². The van der Waals surface area contributed by atoms with Crippen molar-refractivity contribution in [1.29, 1.82) is 0 Å². The average Bonchev–Trinajstić information content (AvgIpc) is 3.39. The van der Waals surface area contributed by atoms with Gasteiger partial charge in [0.2, 0.25) is 5.91 Å². The van der Waals surface area contributed by atoms with Crippen LogP contribution in [-0.4, -0.2) is 64.3 Å². The quantitative estimate of drug-likeness (QED) is 0.455. The zero-order chi connectivity index (χ0) is 22.9. The van der Waals surface area contributed by atoms with Gasteiger partial charge in [0.25, 0.3) is 5.56 Å². The number of aromatic nitrogens is 3. The first-order valence-electron chi connectivity index (χ1n) is 11.0.